The van der Waals surface area contributed by atoms with Crippen LogP contribution in [0.1, 0.15) is 5.56 Å². The molecule has 2 N–H and O–H groups in total. The van der Waals surface area contributed by atoms with Crippen LogP contribution >= 0.6 is 23.2 Å². The molecule has 0 aromatic heterocycles. The zero-order chi connectivity index (χ0) is 12.1. The van der Waals surface area contributed by atoms with Crippen LogP contribution in [-0.4, -0.2) is 0 Å². The van der Waals surface area contributed by atoms with E-state index in [9.17, 15) is 0 Å². The lowest BCUT2D eigenvalue weighted by Gasteiger charge is -2.09. The minimum Gasteiger partial charge on any atom is -0.321 e. The van der Waals surface area contributed by atoms with Gasteiger partial charge in [-0.05, 0) is 29.8 Å². The summed E-state index contributed by atoms with van der Waals surface area (Å²) in [7, 11) is 0. The summed E-state index contributed by atoms with van der Waals surface area (Å²) in [5.41, 5.74) is 8.21. The molecule has 0 amide bonds. The van der Waals surface area contributed by atoms with E-state index in [0.29, 0.717) is 16.6 Å². The third-order valence-corrected chi connectivity index (χ3v) is 2.89. The Morgan fingerprint density at radius 3 is 2.41 bits per heavy atom. The third kappa shape index (κ3) is 3.63. The van der Waals surface area contributed by atoms with Crippen molar-refractivity contribution in [3.63, 3.8) is 0 Å². The van der Waals surface area contributed by atoms with Gasteiger partial charge in [-0.1, -0.05) is 47.5 Å². The summed E-state index contributed by atoms with van der Waals surface area (Å²) in [5, 5.41) is 1.31. The molecule has 0 aliphatic rings. The van der Waals surface area contributed by atoms with Gasteiger partial charge in [0.25, 0.3) is 0 Å². The molecule has 88 valence electrons. The summed E-state index contributed by atoms with van der Waals surface area (Å²) in [6, 6.07) is 15.4. The molecule has 0 bridgehead atoms. The van der Waals surface area contributed by atoms with Crippen LogP contribution < -0.4 is 10.9 Å². The van der Waals surface area contributed by atoms with E-state index in [1.807, 2.05) is 42.5 Å². The van der Waals surface area contributed by atoms with Crippen LogP contribution in [0, 0.1) is 0 Å². The number of hydrazine groups is 1. The maximum atomic E-state index is 6.06. The summed E-state index contributed by atoms with van der Waals surface area (Å²) in [6.07, 6.45) is 0. The van der Waals surface area contributed by atoms with Crippen LogP contribution in [0.25, 0.3) is 0 Å². The topological polar surface area (TPSA) is 24.1 Å². The molecule has 2 rings (SSSR count). The molecule has 4 heteroatoms. The van der Waals surface area contributed by atoms with Gasteiger partial charge in [-0.2, -0.15) is 0 Å². The van der Waals surface area contributed by atoms with Gasteiger partial charge < -0.3 is 5.43 Å². The smallest absolute Gasteiger partial charge is 0.0487 e. The molecule has 2 aromatic rings. The van der Waals surface area contributed by atoms with Crippen molar-refractivity contribution in [2.24, 2.45) is 0 Å². The van der Waals surface area contributed by atoms with Gasteiger partial charge in [0.2, 0.25) is 0 Å². The Labute approximate surface area is 111 Å². The van der Waals surface area contributed by atoms with Gasteiger partial charge in [-0.3, -0.25) is 0 Å². The quantitative estimate of drug-likeness (QED) is 0.814. The Kier molecular flexibility index (Phi) is 4.26. The number of halogens is 2. The van der Waals surface area contributed by atoms with Gasteiger partial charge in [-0.15, -0.1) is 0 Å². The molecule has 0 fully saturated rings. The van der Waals surface area contributed by atoms with Gasteiger partial charge >= 0.3 is 0 Å². The lowest BCUT2D eigenvalue weighted by Crippen LogP contribution is -2.20. The molecule has 2 nitrogen and oxygen atoms in total. The van der Waals surface area contributed by atoms with Crippen molar-refractivity contribution >= 4 is 28.9 Å². The molecule has 0 spiro atoms. The zero-order valence-corrected chi connectivity index (χ0v) is 10.6. The fourth-order valence-corrected chi connectivity index (χ4v) is 1.90. The monoisotopic (exact) mass is 266 g/mol. The number of nitrogens with one attached hydrogen (secondary N) is 2. The molecule has 0 unspecified atom stereocenters. The number of benzene rings is 2. The Bertz CT molecular complexity index is 486. The predicted octanol–water partition coefficient (Wildman–Crippen LogP) is 4.11. The molecule has 0 aliphatic carbocycles. The Morgan fingerprint density at radius 2 is 1.71 bits per heavy atom. The highest BCUT2D eigenvalue weighted by Gasteiger charge is 2.00. The summed E-state index contributed by atoms with van der Waals surface area (Å²) >= 11 is 11.9. The van der Waals surface area contributed by atoms with Crippen molar-refractivity contribution in [2.75, 3.05) is 5.43 Å². The number of hydrogen-bond acceptors (Lipinski definition) is 2. The summed E-state index contributed by atoms with van der Waals surface area (Å²) in [5.74, 6) is 0. The van der Waals surface area contributed by atoms with E-state index in [4.69, 9.17) is 23.2 Å². The number of rotatable bonds is 4. The van der Waals surface area contributed by atoms with Gasteiger partial charge in [0, 0.05) is 22.3 Å². The van der Waals surface area contributed by atoms with E-state index in [2.05, 4.69) is 10.9 Å². The van der Waals surface area contributed by atoms with Gasteiger partial charge in [0.15, 0.2) is 0 Å². The first-order valence-corrected chi connectivity index (χ1v) is 5.99. The second kappa shape index (κ2) is 5.92. The van der Waals surface area contributed by atoms with E-state index in [-0.39, 0.29) is 0 Å². The summed E-state index contributed by atoms with van der Waals surface area (Å²) < 4.78 is 0. The van der Waals surface area contributed by atoms with E-state index < -0.39 is 0 Å². The van der Waals surface area contributed by atoms with Crippen LogP contribution in [0.5, 0.6) is 0 Å². The van der Waals surface area contributed by atoms with Gasteiger partial charge in [0.05, 0.1) is 0 Å². The standard InChI is InChI=1S/C13H12Cl2N2/c14-11-7-6-10(13(15)8-11)9-16-17-12-4-2-1-3-5-12/h1-8,16-17H,9H2. The van der Waals surface area contributed by atoms with Crippen molar-refractivity contribution in [3.05, 3.63) is 64.1 Å². The van der Waals surface area contributed by atoms with Crippen LogP contribution in [0.3, 0.4) is 0 Å². The number of hydrogen-bond donors (Lipinski definition) is 2. The van der Waals surface area contributed by atoms with E-state index in [1.165, 1.54) is 0 Å². The Morgan fingerprint density at radius 1 is 0.941 bits per heavy atom. The van der Waals surface area contributed by atoms with E-state index in [0.717, 1.165) is 11.3 Å². The van der Waals surface area contributed by atoms with Crippen LogP contribution in [0.2, 0.25) is 10.0 Å². The first kappa shape index (κ1) is 12.2. The highest BCUT2D eigenvalue weighted by Crippen LogP contribution is 2.20. The fourth-order valence-electron chi connectivity index (χ4n) is 1.43. The van der Waals surface area contributed by atoms with Crippen LogP contribution in [0.15, 0.2) is 48.5 Å². The SMILES string of the molecule is Clc1ccc(CNNc2ccccc2)c(Cl)c1. The molecule has 0 atom stereocenters. The van der Waals surface area contributed by atoms with Crippen molar-refractivity contribution in [2.45, 2.75) is 6.54 Å². The maximum absolute atomic E-state index is 6.06. The van der Waals surface area contributed by atoms with Crippen molar-refractivity contribution in [1.82, 2.24) is 5.43 Å². The third-order valence-electron chi connectivity index (χ3n) is 2.30. The van der Waals surface area contributed by atoms with Crippen molar-refractivity contribution in [1.29, 1.82) is 0 Å². The molecule has 2 aromatic carbocycles. The molecular formula is C13H12Cl2N2. The van der Waals surface area contributed by atoms with Crippen molar-refractivity contribution < 1.29 is 0 Å². The van der Waals surface area contributed by atoms with Gasteiger partial charge in [0.1, 0.15) is 0 Å². The highest BCUT2D eigenvalue weighted by atomic mass is 35.5. The molecule has 0 saturated carbocycles. The predicted molar refractivity (Wildman–Crippen MR) is 73.4 cm³/mol. The molecule has 0 aliphatic heterocycles. The van der Waals surface area contributed by atoms with Gasteiger partial charge in [-0.25, -0.2) is 5.43 Å². The molecule has 0 radical (unpaired) electrons. The number of anilines is 1. The highest BCUT2D eigenvalue weighted by molar-refractivity contribution is 6.35. The Hall–Kier alpha value is -1.22. The molecule has 0 heterocycles. The normalized spacial score (nSPS) is 10.2. The largest absolute Gasteiger partial charge is 0.321 e. The summed E-state index contributed by atoms with van der Waals surface area (Å²) in [6.45, 7) is 0.630. The fraction of sp³-hybridized carbons (Fsp3) is 0.0769. The first-order chi connectivity index (χ1) is 8.25. The number of para-hydroxylation sites is 1. The zero-order valence-electron chi connectivity index (χ0n) is 9.08. The minimum atomic E-state index is 0.630. The molecular weight excluding hydrogens is 255 g/mol. The average molecular weight is 267 g/mol. The lowest BCUT2D eigenvalue weighted by atomic mass is 10.2. The lowest BCUT2D eigenvalue weighted by molar-refractivity contribution is 0.801. The first-order valence-electron chi connectivity index (χ1n) is 5.23. The summed E-state index contributed by atoms with van der Waals surface area (Å²) in [4.78, 5) is 0. The average Bonchev–Trinajstić information content (AvgIpc) is 2.33. The molecule has 17 heavy (non-hydrogen) atoms. The second-order valence-corrected chi connectivity index (χ2v) is 4.42. The van der Waals surface area contributed by atoms with E-state index >= 15 is 0 Å². The Balaban J connectivity index is 1.90. The van der Waals surface area contributed by atoms with Crippen molar-refractivity contribution in [3.8, 4) is 0 Å². The van der Waals surface area contributed by atoms with E-state index in [1.54, 1.807) is 6.07 Å². The maximum Gasteiger partial charge on any atom is 0.0487 e. The van der Waals surface area contributed by atoms with Crippen LogP contribution in [0.4, 0.5) is 5.69 Å². The minimum absolute atomic E-state index is 0.630. The second-order valence-electron chi connectivity index (χ2n) is 3.58. The molecule has 0 saturated heterocycles. The van der Waals surface area contributed by atoms with Crippen LogP contribution in [-0.2, 0) is 6.54 Å².